The van der Waals surface area contributed by atoms with Gasteiger partial charge in [-0.05, 0) is 31.2 Å². The van der Waals surface area contributed by atoms with Crippen LogP contribution in [0.1, 0.15) is 62.5 Å². The molecule has 1 aliphatic heterocycles. The van der Waals surface area contributed by atoms with Crippen LogP contribution in [0.25, 0.3) is 0 Å². The quantitative estimate of drug-likeness (QED) is 0.390. The van der Waals surface area contributed by atoms with E-state index in [-0.39, 0.29) is 36.5 Å². The number of hydrogen-bond acceptors (Lipinski definition) is 9. The van der Waals surface area contributed by atoms with E-state index in [9.17, 15) is 23.1 Å². The number of aliphatic hydroxyl groups excluding tert-OH is 1. The zero-order valence-electron chi connectivity index (χ0n) is 21.3. The monoisotopic (exact) mass is 536 g/mol. The van der Waals surface area contributed by atoms with Crippen molar-refractivity contribution in [2.75, 3.05) is 26.0 Å². The van der Waals surface area contributed by atoms with Gasteiger partial charge in [-0.15, -0.1) is 10.2 Å². The highest BCUT2D eigenvalue weighted by Gasteiger charge is 2.33. The van der Waals surface area contributed by atoms with Crippen LogP contribution < -0.4 is 5.32 Å². The molecule has 12 heteroatoms. The minimum atomic E-state index is -3.72. The van der Waals surface area contributed by atoms with Gasteiger partial charge in [-0.2, -0.15) is 0 Å². The van der Waals surface area contributed by atoms with Crippen LogP contribution in [0.15, 0.2) is 34.7 Å². The summed E-state index contributed by atoms with van der Waals surface area (Å²) in [5, 5.41) is 21.1. The summed E-state index contributed by atoms with van der Waals surface area (Å²) in [6, 6.07) is 7.87. The van der Waals surface area contributed by atoms with Crippen LogP contribution in [0.2, 0.25) is 0 Å². The molecule has 37 heavy (non-hydrogen) atoms. The third kappa shape index (κ3) is 8.61. The Kier molecular flexibility index (Phi) is 10.6. The SMILES string of the molecule is CCC(NC(=O)C(CC(=O)N1CCCCC1)CS(=O)(=O)Cc1ccccc1)C(O)c1nnc(COC)o1. The van der Waals surface area contributed by atoms with Gasteiger partial charge in [0.2, 0.25) is 23.6 Å². The van der Waals surface area contributed by atoms with Crippen LogP contribution in [-0.4, -0.2) is 72.4 Å². The van der Waals surface area contributed by atoms with Crippen LogP contribution >= 0.6 is 0 Å². The number of hydrogen-bond donors (Lipinski definition) is 2. The molecule has 204 valence electrons. The van der Waals surface area contributed by atoms with Gasteiger partial charge in [0.1, 0.15) is 6.61 Å². The van der Waals surface area contributed by atoms with Crippen molar-refractivity contribution in [3.05, 3.63) is 47.7 Å². The molecular weight excluding hydrogens is 500 g/mol. The van der Waals surface area contributed by atoms with E-state index in [0.29, 0.717) is 25.1 Å². The Labute approximate surface area is 217 Å². The maximum atomic E-state index is 13.4. The van der Waals surface area contributed by atoms with Crippen molar-refractivity contribution in [3.8, 4) is 0 Å². The van der Waals surface area contributed by atoms with Gasteiger partial charge in [-0.3, -0.25) is 9.59 Å². The van der Waals surface area contributed by atoms with E-state index in [4.69, 9.17) is 9.15 Å². The molecule has 0 saturated carbocycles. The van der Waals surface area contributed by atoms with Crippen molar-refractivity contribution in [2.24, 2.45) is 5.92 Å². The minimum Gasteiger partial charge on any atom is -0.420 e. The average Bonchev–Trinajstić information content (AvgIpc) is 3.36. The topological polar surface area (TPSA) is 152 Å². The zero-order valence-corrected chi connectivity index (χ0v) is 22.2. The lowest BCUT2D eigenvalue weighted by Crippen LogP contribution is -2.46. The smallest absolute Gasteiger partial charge is 0.247 e. The lowest BCUT2D eigenvalue weighted by Gasteiger charge is -2.29. The van der Waals surface area contributed by atoms with Crippen molar-refractivity contribution in [1.82, 2.24) is 20.4 Å². The third-order valence-corrected chi connectivity index (χ3v) is 8.02. The number of benzene rings is 1. The summed E-state index contributed by atoms with van der Waals surface area (Å²) in [4.78, 5) is 28.0. The first-order valence-electron chi connectivity index (χ1n) is 12.5. The van der Waals surface area contributed by atoms with Crippen molar-refractivity contribution >= 4 is 21.7 Å². The van der Waals surface area contributed by atoms with E-state index in [2.05, 4.69) is 15.5 Å². The van der Waals surface area contributed by atoms with Crippen molar-refractivity contribution < 1.29 is 32.3 Å². The molecule has 3 atom stereocenters. The first kappa shape index (κ1) is 28.7. The number of carbonyl (C=O) groups is 2. The fourth-order valence-corrected chi connectivity index (χ4v) is 6.05. The Morgan fingerprint density at radius 2 is 1.86 bits per heavy atom. The van der Waals surface area contributed by atoms with E-state index in [1.807, 2.05) is 0 Å². The highest BCUT2D eigenvalue weighted by atomic mass is 32.2. The van der Waals surface area contributed by atoms with Gasteiger partial charge in [-0.1, -0.05) is 37.3 Å². The van der Waals surface area contributed by atoms with Crippen LogP contribution in [0.4, 0.5) is 0 Å². The lowest BCUT2D eigenvalue weighted by molar-refractivity contribution is -0.137. The Morgan fingerprint density at radius 1 is 1.16 bits per heavy atom. The average molecular weight is 537 g/mol. The number of carbonyl (C=O) groups excluding carboxylic acids is 2. The van der Waals surface area contributed by atoms with E-state index in [1.54, 1.807) is 42.2 Å². The first-order valence-corrected chi connectivity index (χ1v) is 14.4. The molecule has 0 spiro atoms. The zero-order chi connectivity index (χ0) is 26.8. The number of likely N-dealkylation sites (tertiary alicyclic amines) is 1. The van der Waals surface area contributed by atoms with Crippen molar-refractivity contribution in [1.29, 1.82) is 0 Å². The van der Waals surface area contributed by atoms with Gasteiger partial charge in [0.15, 0.2) is 15.9 Å². The summed E-state index contributed by atoms with van der Waals surface area (Å²) in [5.41, 5.74) is 0.606. The van der Waals surface area contributed by atoms with Crippen LogP contribution in [0.5, 0.6) is 0 Å². The molecule has 1 aliphatic rings. The van der Waals surface area contributed by atoms with Gasteiger partial charge in [0, 0.05) is 26.6 Å². The van der Waals surface area contributed by atoms with Gasteiger partial charge in [0.25, 0.3) is 0 Å². The summed E-state index contributed by atoms with van der Waals surface area (Å²) >= 11 is 0. The maximum Gasteiger partial charge on any atom is 0.247 e. The standard InChI is InChI=1S/C25H36N4O7S/c1-3-20(23(31)25-28-27-21(36-25)15-35-2)26-24(32)19(14-22(30)29-12-8-5-9-13-29)17-37(33,34)16-18-10-6-4-7-11-18/h4,6-7,10-11,19-20,23,31H,3,5,8-9,12-17H2,1-2H3,(H,26,32). The number of aromatic nitrogens is 2. The molecule has 2 aromatic rings. The van der Waals surface area contributed by atoms with E-state index in [1.165, 1.54) is 7.11 Å². The number of ether oxygens (including phenoxy) is 1. The van der Waals surface area contributed by atoms with E-state index >= 15 is 0 Å². The number of aliphatic hydroxyl groups is 1. The Bertz CT molecular complexity index is 1120. The number of piperidine rings is 1. The second kappa shape index (κ2) is 13.6. The fourth-order valence-electron chi connectivity index (χ4n) is 4.35. The molecule has 1 aromatic heterocycles. The summed E-state index contributed by atoms with van der Waals surface area (Å²) in [6.07, 6.45) is 1.56. The van der Waals surface area contributed by atoms with Gasteiger partial charge >= 0.3 is 0 Å². The molecule has 1 saturated heterocycles. The number of nitrogens with one attached hydrogen (secondary N) is 1. The highest BCUT2D eigenvalue weighted by molar-refractivity contribution is 7.90. The summed E-state index contributed by atoms with van der Waals surface area (Å²) < 4.78 is 36.4. The van der Waals surface area contributed by atoms with Gasteiger partial charge in [0.05, 0.1) is 23.5 Å². The molecule has 0 bridgehead atoms. The van der Waals surface area contributed by atoms with Gasteiger partial charge in [-0.25, -0.2) is 8.42 Å². The van der Waals surface area contributed by atoms with E-state index in [0.717, 1.165) is 19.3 Å². The Balaban J connectivity index is 1.75. The van der Waals surface area contributed by atoms with Crippen molar-refractivity contribution in [3.63, 3.8) is 0 Å². The molecule has 1 aromatic carbocycles. The molecule has 1 fully saturated rings. The summed E-state index contributed by atoms with van der Waals surface area (Å²) in [6.45, 7) is 3.02. The van der Waals surface area contributed by atoms with Crippen LogP contribution in [0.3, 0.4) is 0 Å². The molecule has 3 rings (SSSR count). The second-order valence-corrected chi connectivity index (χ2v) is 11.4. The number of nitrogens with zero attached hydrogens (tertiary/aromatic N) is 3. The van der Waals surface area contributed by atoms with Gasteiger partial charge < -0.3 is 24.5 Å². The molecule has 0 aliphatic carbocycles. The number of rotatable bonds is 13. The molecule has 3 unspecified atom stereocenters. The minimum absolute atomic E-state index is 0.0723. The molecule has 2 heterocycles. The number of amides is 2. The predicted molar refractivity (Wildman–Crippen MR) is 135 cm³/mol. The molecule has 2 N–H and O–H groups in total. The summed E-state index contributed by atoms with van der Waals surface area (Å²) in [7, 11) is -2.26. The third-order valence-electron chi connectivity index (χ3n) is 6.34. The summed E-state index contributed by atoms with van der Waals surface area (Å²) in [5.74, 6) is -2.62. The predicted octanol–water partition coefficient (Wildman–Crippen LogP) is 1.78. The number of methoxy groups -OCH3 is 1. The highest BCUT2D eigenvalue weighted by Crippen LogP contribution is 2.21. The van der Waals surface area contributed by atoms with E-state index < -0.39 is 39.6 Å². The van der Waals surface area contributed by atoms with Crippen LogP contribution in [-0.2, 0) is 36.5 Å². The molecule has 11 nitrogen and oxygen atoms in total. The fraction of sp³-hybridized carbons (Fsp3) is 0.600. The van der Waals surface area contributed by atoms with Crippen molar-refractivity contribution in [2.45, 2.75) is 63.5 Å². The molecule has 2 amide bonds. The number of sulfone groups is 1. The molecular formula is C25H36N4O7S. The first-order chi connectivity index (χ1) is 17.7. The van der Waals surface area contributed by atoms with Crippen LogP contribution in [0, 0.1) is 5.92 Å². The normalized spacial score (nSPS) is 16.7. The lowest BCUT2D eigenvalue weighted by atomic mass is 10.0. The maximum absolute atomic E-state index is 13.4. The largest absolute Gasteiger partial charge is 0.420 e. The molecule has 0 radical (unpaired) electrons. The second-order valence-electron chi connectivity index (χ2n) is 9.32. The Morgan fingerprint density at radius 3 is 2.51 bits per heavy atom. The Hall–Kier alpha value is -2.83.